The number of carboxylic acids is 1. The number of ether oxygens (including phenoxy) is 2. The molecule has 6 heteroatoms. The SMILES string of the molecule is C[C@@H](NC[C@H]1C[C@@H](c2ccc(OCC(=O)O)c(F)c2)c2ccccc2O1)c1cccc2ccccc12. The summed E-state index contributed by atoms with van der Waals surface area (Å²) in [6.07, 6.45) is 0.578. The van der Waals surface area contributed by atoms with Gasteiger partial charge in [-0.15, -0.1) is 0 Å². The molecule has 5 nitrogen and oxygen atoms in total. The number of rotatable bonds is 8. The lowest BCUT2D eigenvalue weighted by atomic mass is 9.84. The van der Waals surface area contributed by atoms with E-state index in [-0.39, 0.29) is 23.8 Å². The summed E-state index contributed by atoms with van der Waals surface area (Å²) < 4.78 is 26.1. The minimum Gasteiger partial charge on any atom is -0.489 e. The molecule has 0 radical (unpaired) electrons. The van der Waals surface area contributed by atoms with Gasteiger partial charge in [0.25, 0.3) is 0 Å². The van der Waals surface area contributed by atoms with Gasteiger partial charge in [0, 0.05) is 24.1 Å². The van der Waals surface area contributed by atoms with E-state index < -0.39 is 18.4 Å². The fourth-order valence-corrected chi connectivity index (χ4v) is 4.97. The second kappa shape index (κ2) is 10.4. The second-order valence-electron chi connectivity index (χ2n) is 9.14. The number of para-hydroxylation sites is 1. The first kappa shape index (κ1) is 23.8. The van der Waals surface area contributed by atoms with Gasteiger partial charge in [0.05, 0.1) is 0 Å². The Hall–Kier alpha value is -3.90. The molecule has 1 heterocycles. The number of nitrogens with one attached hydrogen (secondary N) is 1. The summed E-state index contributed by atoms with van der Waals surface area (Å²) in [7, 11) is 0. The summed E-state index contributed by atoms with van der Waals surface area (Å²) in [6.45, 7) is 2.21. The Morgan fingerprint density at radius 1 is 1.08 bits per heavy atom. The molecule has 0 fully saturated rings. The zero-order valence-corrected chi connectivity index (χ0v) is 20.0. The van der Waals surface area contributed by atoms with E-state index in [9.17, 15) is 9.18 Å². The van der Waals surface area contributed by atoms with Crippen LogP contribution in [0.15, 0.2) is 84.9 Å². The first-order valence-electron chi connectivity index (χ1n) is 12.1. The Morgan fingerprint density at radius 3 is 2.69 bits per heavy atom. The van der Waals surface area contributed by atoms with E-state index in [1.54, 1.807) is 6.07 Å². The van der Waals surface area contributed by atoms with Crippen LogP contribution in [-0.4, -0.2) is 30.3 Å². The first-order valence-corrected chi connectivity index (χ1v) is 12.1. The van der Waals surface area contributed by atoms with Crippen molar-refractivity contribution >= 4 is 16.7 Å². The molecule has 0 amide bonds. The molecule has 0 aromatic heterocycles. The Morgan fingerprint density at radius 2 is 1.86 bits per heavy atom. The average molecular weight is 486 g/mol. The van der Waals surface area contributed by atoms with Crippen molar-refractivity contribution in [2.24, 2.45) is 0 Å². The number of hydrogen-bond donors (Lipinski definition) is 2. The van der Waals surface area contributed by atoms with Gasteiger partial charge in [-0.05, 0) is 53.4 Å². The lowest BCUT2D eigenvalue weighted by Gasteiger charge is -2.33. The number of fused-ring (bicyclic) bond motifs is 2. The summed E-state index contributed by atoms with van der Waals surface area (Å²) >= 11 is 0. The fraction of sp³-hybridized carbons (Fsp3) is 0.233. The van der Waals surface area contributed by atoms with Gasteiger partial charge in [-0.25, -0.2) is 9.18 Å². The van der Waals surface area contributed by atoms with Crippen LogP contribution in [0.1, 0.15) is 42.0 Å². The van der Waals surface area contributed by atoms with Crippen LogP contribution in [0.25, 0.3) is 10.8 Å². The fourth-order valence-electron chi connectivity index (χ4n) is 4.97. The molecule has 0 unspecified atom stereocenters. The molecule has 4 aromatic carbocycles. The zero-order chi connectivity index (χ0) is 25.1. The summed E-state index contributed by atoms with van der Waals surface area (Å²) in [5, 5.41) is 14.9. The van der Waals surface area contributed by atoms with Crippen molar-refractivity contribution in [3.8, 4) is 11.5 Å². The Balaban J connectivity index is 1.34. The second-order valence-corrected chi connectivity index (χ2v) is 9.14. The highest BCUT2D eigenvalue weighted by atomic mass is 19.1. The minimum absolute atomic E-state index is 0.0577. The van der Waals surface area contributed by atoms with E-state index in [4.69, 9.17) is 14.6 Å². The summed E-state index contributed by atoms with van der Waals surface area (Å²) in [5.41, 5.74) is 3.05. The van der Waals surface area contributed by atoms with Gasteiger partial charge < -0.3 is 19.9 Å². The Bertz CT molecular complexity index is 1380. The highest BCUT2D eigenvalue weighted by Crippen LogP contribution is 2.41. The van der Waals surface area contributed by atoms with E-state index in [1.165, 1.54) is 28.5 Å². The van der Waals surface area contributed by atoms with Crippen LogP contribution >= 0.6 is 0 Å². The van der Waals surface area contributed by atoms with Gasteiger partial charge in [0.2, 0.25) is 0 Å². The molecule has 0 saturated carbocycles. The van der Waals surface area contributed by atoms with Gasteiger partial charge in [0.1, 0.15) is 11.9 Å². The molecule has 3 atom stereocenters. The molecule has 4 aromatic rings. The van der Waals surface area contributed by atoms with Crippen LogP contribution in [0.3, 0.4) is 0 Å². The third-order valence-electron chi connectivity index (χ3n) is 6.74. The molecule has 1 aliphatic heterocycles. The first-order chi connectivity index (χ1) is 17.5. The summed E-state index contributed by atoms with van der Waals surface area (Å²) in [4.78, 5) is 10.8. The molecule has 0 aliphatic carbocycles. The number of carboxylic acid groups (broad SMARTS) is 1. The lowest BCUT2D eigenvalue weighted by molar-refractivity contribution is -0.139. The van der Waals surface area contributed by atoms with Crippen LogP contribution in [0.5, 0.6) is 11.5 Å². The summed E-state index contributed by atoms with van der Waals surface area (Å²) in [5.74, 6) is -1.05. The quantitative estimate of drug-likeness (QED) is 0.317. The molecule has 184 valence electrons. The number of aliphatic carboxylic acids is 1. The molecule has 2 N–H and O–H groups in total. The smallest absolute Gasteiger partial charge is 0.341 e. The highest BCUT2D eigenvalue weighted by molar-refractivity contribution is 5.86. The topological polar surface area (TPSA) is 67.8 Å². The zero-order valence-electron chi connectivity index (χ0n) is 20.0. The third-order valence-corrected chi connectivity index (χ3v) is 6.74. The Labute approximate surface area is 209 Å². The number of halogens is 1. The molecule has 1 aliphatic rings. The van der Waals surface area contributed by atoms with Crippen LogP contribution in [0.4, 0.5) is 4.39 Å². The number of benzene rings is 4. The van der Waals surface area contributed by atoms with Crippen molar-refractivity contribution < 1.29 is 23.8 Å². The van der Waals surface area contributed by atoms with Crippen LogP contribution < -0.4 is 14.8 Å². The van der Waals surface area contributed by atoms with Gasteiger partial charge in [-0.2, -0.15) is 0 Å². The van der Waals surface area contributed by atoms with Crippen LogP contribution in [0, 0.1) is 5.82 Å². The van der Waals surface area contributed by atoms with Gasteiger partial charge in [-0.1, -0.05) is 66.7 Å². The highest BCUT2D eigenvalue weighted by Gasteiger charge is 2.30. The van der Waals surface area contributed by atoms with Gasteiger partial charge in [0.15, 0.2) is 18.2 Å². The molecule has 0 saturated heterocycles. The van der Waals surface area contributed by atoms with Gasteiger partial charge in [-0.3, -0.25) is 0 Å². The summed E-state index contributed by atoms with van der Waals surface area (Å²) in [6, 6.07) is 27.4. The normalized spacial score (nSPS) is 17.7. The molecule has 36 heavy (non-hydrogen) atoms. The monoisotopic (exact) mass is 485 g/mol. The standard InChI is InChI=1S/C30H28FNO4/c1-19(23-11-6-8-20-7-2-3-9-24(20)23)32-17-22-16-26(25-10-4-5-12-28(25)36-22)21-13-14-29(27(31)15-21)35-18-30(33)34/h2-15,19,22,26,32H,16-18H2,1H3,(H,33,34)/t19-,22-,26+/m1/s1. The maximum Gasteiger partial charge on any atom is 0.341 e. The van der Waals surface area contributed by atoms with Gasteiger partial charge >= 0.3 is 5.97 Å². The Kier molecular flexibility index (Phi) is 6.87. The van der Waals surface area contributed by atoms with E-state index in [2.05, 4.69) is 48.6 Å². The third kappa shape index (κ3) is 5.04. The van der Waals surface area contributed by atoms with E-state index >= 15 is 0 Å². The van der Waals surface area contributed by atoms with Crippen molar-refractivity contribution in [3.63, 3.8) is 0 Å². The molecular formula is C30H28FNO4. The molecule has 0 spiro atoms. The molecule has 5 rings (SSSR count). The van der Waals surface area contributed by atoms with Crippen molar-refractivity contribution in [3.05, 3.63) is 107 Å². The average Bonchev–Trinajstić information content (AvgIpc) is 2.90. The molecule has 0 bridgehead atoms. The van der Waals surface area contributed by atoms with Crippen molar-refractivity contribution in [1.29, 1.82) is 0 Å². The van der Waals surface area contributed by atoms with Crippen LogP contribution in [-0.2, 0) is 4.79 Å². The lowest BCUT2D eigenvalue weighted by Crippen LogP contribution is -2.37. The van der Waals surface area contributed by atoms with Crippen molar-refractivity contribution in [2.45, 2.75) is 31.4 Å². The maximum atomic E-state index is 14.7. The van der Waals surface area contributed by atoms with E-state index in [1.807, 2.05) is 30.3 Å². The molecular weight excluding hydrogens is 457 g/mol. The number of carbonyl (C=O) groups is 1. The van der Waals surface area contributed by atoms with Crippen molar-refractivity contribution in [1.82, 2.24) is 5.32 Å². The predicted molar refractivity (Wildman–Crippen MR) is 137 cm³/mol. The largest absolute Gasteiger partial charge is 0.489 e. The minimum atomic E-state index is -1.15. The predicted octanol–water partition coefficient (Wildman–Crippen LogP) is 6.08. The van der Waals surface area contributed by atoms with E-state index in [0.717, 1.165) is 16.9 Å². The van der Waals surface area contributed by atoms with Crippen LogP contribution in [0.2, 0.25) is 0 Å². The van der Waals surface area contributed by atoms with E-state index in [0.29, 0.717) is 13.0 Å². The number of hydrogen-bond acceptors (Lipinski definition) is 4. The maximum absolute atomic E-state index is 14.7. The van der Waals surface area contributed by atoms with Crippen molar-refractivity contribution in [2.75, 3.05) is 13.2 Å².